The van der Waals surface area contributed by atoms with Crippen molar-refractivity contribution in [3.63, 3.8) is 0 Å². The SMILES string of the molecule is COc1cc(C(=O)C2CC(OC)CCC2c2ccc(F)c(OOP(=O)(O)O)c2)cc(OC)c1OC. The van der Waals surface area contributed by atoms with Gasteiger partial charge in [-0.05, 0) is 55.0 Å². The van der Waals surface area contributed by atoms with Crippen molar-refractivity contribution in [2.45, 2.75) is 31.3 Å². The van der Waals surface area contributed by atoms with E-state index >= 15 is 0 Å². The van der Waals surface area contributed by atoms with Crippen LogP contribution in [0, 0.1) is 11.7 Å². The van der Waals surface area contributed by atoms with Crippen LogP contribution in [0.3, 0.4) is 0 Å². The highest BCUT2D eigenvalue weighted by Crippen LogP contribution is 2.45. The molecule has 0 bridgehead atoms. The summed E-state index contributed by atoms with van der Waals surface area (Å²) in [4.78, 5) is 36.0. The molecule has 1 saturated carbocycles. The minimum Gasteiger partial charge on any atom is -0.493 e. The summed E-state index contributed by atoms with van der Waals surface area (Å²) >= 11 is 0. The molecule has 0 saturated heterocycles. The van der Waals surface area contributed by atoms with Crippen LogP contribution in [0.4, 0.5) is 4.39 Å². The summed E-state index contributed by atoms with van der Waals surface area (Å²) in [5, 5.41) is 0. The highest BCUT2D eigenvalue weighted by atomic mass is 31.2. The largest absolute Gasteiger partial charge is 0.505 e. The van der Waals surface area contributed by atoms with Crippen LogP contribution in [0.15, 0.2) is 30.3 Å². The number of methoxy groups -OCH3 is 4. The average molecular weight is 514 g/mol. The zero-order valence-corrected chi connectivity index (χ0v) is 20.6. The average Bonchev–Trinajstić information content (AvgIpc) is 2.85. The van der Waals surface area contributed by atoms with Gasteiger partial charge in [0.25, 0.3) is 0 Å². The van der Waals surface area contributed by atoms with Gasteiger partial charge >= 0.3 is 7.82 Å². The summed E-state index contributed by atoms with van der Waals surface area (Å²) in [7, 11) is 0.957. The molecule has 2 aromatic carbocycles. The van der Waals surface area contributed by atoms with E-state index in [4.69, 9.17) is 28.7 Å². The molecule has 12 heteroatoms. The summed E-state index contributed by atoms with van der Waals surface area (Å²) in [6.07, 6.45) is 1.45. The van der Waals surface area contributed by atoms with Crippen molar-refractivity contribution in [3.8, 4) is 23.0 Å². The molecule has 3 rings (SSSR count). The van der Waals surface area contributed by atoms with E-state index in [2.05, 4.69) is 9.56 Å². The van der Waals surface area contributed by atoms with Gasteiger partial charge in [0.05, 0.1) is 27.4 Å². The number of phosphoric acid groups is 1. The fourth-order valence-electron chi connectivity index (χ4n) is 4.38. The first kappa shape index (κ1) is 26.9. The fraction of sp³-hybridized carbons (Fsp3) is 0.435. The van der Waals surface area contributed by atoms with Gasteiger partial charge in [0, 0.05) is 18.6 Å². The maximum atomic E-state index is 14.2. The number of ketones is 1. The second-order valence-corrected chi connectivity index (χ2v) is 9.13. The fourth-order valence-corrected chi connectivity index (χ4v) is 4.55. The Kier molecular flexibility index (Phi) is 8.74. The molecule has 1 fully saturated rings. The van der Waals surface area contributed by atoms with E-state index < -0.39 is 25.3 Å². The zero-order valence-electron chi connectivity index (χ0n) is 19.7. The first-order valence-electron chi connectivity index (χ1n) is 10.7. The maximum absolute atomic E-state index is 14.2. The normalized spacial score (nSPS) is 20.3. The maximum Gasteiger partial charge on any atom is 0.505 e. The summed E-state index contributed by atoms with van der Waals surface area (Å²) in [6.45, 7) is 0. The van der Waals surface area contributed by atoms with Crippen LogP contribution in [0.2, 0.25) is 0 Å². The van der Waals surface area contributed by atoms with Crippen molar-refractivity contribution in [1.82, 2.24) is 0 Å². The quantitative estimate of drug-likeness (QED) is 0.207. The molecule has 0 amide bonds. The van der Waals surface area contributed by atoms with Gasteiger partial charge in [0.15, 0.2) is 23.1 Å². The molecule has 0 radical (unpaired) electrons. The molecule has 3 atom stereocenters. The van der Waals surface area contributed by atoms with Crippen molar-refractivity contribution >= 4 is 13.6 Å². The lowest BCUT2D eigenvalue weighted by atomic mass is 9.71. The summed E-state index contributed by atoms with van der Waals surface area (Å²) in [5.74, 6) is -1.47. The van der Waals surface area contributed by atoms with Gasteiger partial charge in [0.1, 0.15) is 0 Å². The molecule has 1 aliphatic rings. The molecule has 2 N–H and O–H groups in total. The highest BCUT2D eigenvalue weighted by molar-refractivity contribution is 7.46. The Morgan fingerprint density at radius 1 is 0.971 bits per heavy atom. The van der Waals surface area contributed by atoms with Gasteiger partial charge in [0.2, 0.25) is 11.5 Å². The van der Waals surface area contributed by atoms with Crippen LogP contribution in [-0.2, 0) is 14.0 Å². The third-order valence-corrected chi connectivity index (χ3v) is 6.30. The Morgan fingerprint density at radius 2 is 1.63 bits per heavy atom. The third-order valence-electron chi connectivity index (χ3n) is 6.03. The lowest BCUT2D eigenvalue weighted by molar-refractivity contribution is -0.125. The Balaban J connectivity index is 1.99. The number of benzene rings is 2. The monoisotopic (exact) mass is 514 g/mol. The van der Waals surface area contributed by atoms with E-state index in [-0.39, 0.29) is 17.8 Å². The predicted molar refractivity (Wildman–Crippen MR) is 121 cm³/mol. The molecule has 192 valence electrons. The summed E-state index contributed by atoms with van der Waals surface area (Å²) < 4.78 is 50.8. The van der Waals surface area contributed by atoms with Gasteiger partial charge in [-0.1, -0.05) is 10.7 Å². The zero-order chi connectivity index (χ0) is 25.8. The molecule has 0 heterocycles. The molecular weight excluding hydrogens is 486 g/mol. The van der Waals surface area contributed by atoms with Crippen molar-refractivity contribution in [1.29, 1.82) is 0 Å². The number of carbonyl (C=O) groups is 1. The standard InChI is InChI=1S/C23H28FO10P/c1-29-15-6-7-16(13-5-8-18(24)19(9-13)33-34-35(26,27)28)17(12-15)22(25)14-10-20(30-2)23(32-4)21(11-14)31-3/h5,8-11,15-17H,6-7,12H2,1-4H3,(H2,26,27,28). The van der Waals surface area contributed by atoms with E-state index in [0.717, 1.165) is 6.07 Å². The second-order valence-electron chi connectivity index (χ2n) is 8.00. The number of ether oxygens (including phenoxy) is 4. The van der Waals surface area contributed by atoms with E-state index in [0.29, 0.717) is 47.6 Å². The van der Waals surface area contributed by atoms with Crippen molar-refractivity contribution in [2.24, 2.45) is 5.92 Å². The number of carbonyl (C=O) groups excluding carboxylic acids is 1. The van der Waals surface area contributed by atoms with Crippen LogP contribution in [0.1, 0.15) is 41.1 Å². The molecule has 3 unspecified atom stereocenters. The Bertz CT molecular complexity index is 1080. The van der Waals surface area contributed by atoms with Gasteiger partial charge in [-0.2, -0.15) is 0 Å². The predicted octanol–water partition coefficient (Wildman–Crippen LogP) is 4.04. The van der Waals surface area contributed by atoms with E-state index in [9.17, 15) is 13.8 Å². The summed E-state index contributed by atoms with van der Waals surface area (Å²) in [5.41, 5.74) is 0.894. The van der Waals surface area contributed by atoms with Crippen molar-refractivity contribution in [3.05, 3.63) is 47.3 Å². The third kappa shape index (κ3) is 6.31. The molecule has 2 aromatic rings. The summed E-state index contributed by atoms with van der Waals surface area (Å²) in [6, 6.07) is 7.02. The minimum absolute atomic E-state index is 0.156. The lowest BCUT2D eigenvalue weighted by Gasteiger charge is -2.35. The molecule has 0 aromatic heterocycles. The number of Topliss-reactive ketones (excluding diaryl/α,β-unsaturated/α-hetero) is 1. The van der Waals surface area contributed by atoms with Crippen LogP contribution in [0.5, 0.6) is 23.0 Å². The lowest BCUT2D eigenvalue weighted by Crippen LogP contribution is -2.33. The second kappa shape index (κ2) is 11.4. The minimum atomic E-state index is -4.99. The molecule has 35 heavy (non-hydrogen) atoms. The molecule has 10 nitrogen and oxygen atoms in total. The van der Waals surface area contributed by atoms with Gasteiger partial charge in [-0.3, -0.25) is 4.79 Å². The van der Waals surface area contributed by atoms with Crippen LogP contribution >= 0.6 is 7.82 Å². The van der Waals surface area contributed by atoms with Crippen LogP contribution < -0.4 is 19.1 Å². The molecular formula is C23H28FO10P. The van der Waals surface area contributed by atoms with Gasteiger partial charge in [-0.25, -0.2) is 8.96 Å². The Morgan fingerprint density at radius 3 is 2.17 bits per heavy atom. The van der Waals surface area contributed by atoms with Crippen molar-refractivity contribution in [2.75, 3.05) is 28.4 Å². The van der Waals surface area contributed by atoms with Gasteiger partial charge < -0.3 is 33.6 Å². The number of rotatable bonds is 10. The highest BCUT2D eigenvalue weighted by Gasteiger charge is 2.38. The molecule has 0 spiro atoms. The van der Waals surface area contributed by atoms with E-state index in [1.807, 2.05) is 0 Å². The molecule has 0 aliphatic heterocycles. The van der Waals surface area contributed by atoms with Crippen LogP contribution in [0.25, 0.3) is 0 Å². The Labute approximate surface area is 202 Å². The number of halogens is 1. The topological polar surface area (TPSA) is 130 Å². The molecule has 1 aliphatic carbocycles. The Hall–Kier alpha value is -2.69. The first-order chi connectivity index (χ1) is 16.6. The first-order valence-corrected chi connectivity index (χ1v) is 12.2. The number of hydrogen-bond donors (Lipinski definition) is 2. The van der Waals surface area contributed by atoms with Gasteiger partial charge in [-0.15, -0.1) is 0 Å². The number of hydrogen-bond acceptors (Lipinski definition) is 8. The smallest absolute Gasteiger partial charge is 0.493 e. The van der Waals surface area contributed by atoms with E-state index in [1.165, 1.54) is 33.5 Å². The van der Waals surface area contributed by atoms with Crippen LogP contribution in [-0.4, -0.2) is 50.1 Å². The van der Waals surface area contributed by atoms with Crippen molar-refractivity contribution < 1.29 is 52.0 Å². The van der Waals surface area contributed by atoms with E-state index in [1.54, 1.807) is 19.2 Å².